The molecule has 0 saturated carbocycles. The number of fused-ring (bicyclic) bond motifs is 1. The molecule has 0 bridgehead atoms. The maximum Gasteiger partial charge on any atom is 0.270 e. The molecule has 0 spiro atoms. The molecule has 10 heteroatoms. The molecule has 0 radical (unpaired) electrons. The Morgan fingerprint density at radius 3 is 2.57 bits per heavy atom. The van der Waals surface area contributed by atoms with E-state index >= 15 is 0 Å². The van der Waals surface area contributed by atoms with E-state index in [0.717, 1.165) is 12.3 Å². The summed E-state index contributed by atoms with van der Waals surface area (Å²) in [5, 5.41) is 0. The van der Waals surface area contributed by atoms with Gasteiger partial charge in [-0.15, -0.1) is 0 Å². The Kier molecular flexibility index (Phi) is 4.84. The molecular formula is C18H19N3O6S. The SMILES string of the molecule is COc1ccc(S(=O)(=O)NC(=O)c2cc3c([nH]c2=O)CC(C)(C)CC3=O)cn1. The molecule has 0 aromatic carbocycles. The number of methoxy groups -OCH3 is 1. The van der Waals surface area contributed by atoms with Crippen molar-refractivity contribution in [1.82, 2.24) is 14.7 Å². The van der Waals surface area contributed by atoms with Crippen LogP contribution in [-0.4, -0.2) is 37.2 Å². The Morgan fingerprint density at radius 1 is 1.25 bits per heavy atom. The number of ether oxygens (including phenoxy) is 1. The summed E-state index contributed by atoms with van der Waals surface area (Å²) in [6.07, 6.45) is 1.76. The lowest BCUT2D eigenvalue weighted by atomic mass is 9.75. The Labute approximate surface area is 161 Å². The maximum absolute atomic E-state index is 12.4. The molecule has 148 valence electrons. The average Bonchev–Trinajstić information content (AvgIpc) is 2.59. The monoisotopic (exact) mass is 405 g/mol. The van der Waals surface area contributed by atoms with E-state index in [9.17, 15) is 22.8 Å². The number of hydrogen-bond donors (Lipinski definition) is 2. The summed E-state index contributed by atoms with van der Waals surface area (Å²) in [6.45, 7) is 3.81. The Hall–Kier alpha value is -3.01. The molecule has 0 saturated heterocycles. The zero-order valence-electron chi connectivity index (χ0n) is 15.5. The second kappa shape index (κ2) is 6.86. The summed E-state index contributed by atoms with van der Waals surface area (Å²) in [6, 6.07) is 3.69. The van der Waals surface area contributed by atoms with Gasteiger partial charge in [-0.1, -0.05) is 13.8 Å². The van der Waals surface area contributed by atoms with Gasteiger partial charge in [-0.2, -0.15) is 0 Å². The molecule has 2 aromatic rings. The van der Waals surface area contributed by atoms with E-state index in [2.05, 4.69) is 9.97 Å². The topological polar surface area (TPSA) is 135 Å². The van der Waals surface area contributed by atoms with Crippen LogP contribution in [0.15, 0.2) is 34.1 Å². The largest absolute Gasteiger partial charge is 0.481 e. The van der Waals surface area contributed by atoms with Gasteiger partial charge in [-0.05, 0) is 24.0 Å². The standard InChI is InChI=1S/C18H19N3O6S/c1-18(2)7-13-11(14(22)8-18)6-12(16(23)20-13)17(24)21-28(25,26)10-4-5-15(27-3)19-9-10/h4-6,9H,7-8H2,1-3H3,(H,20,23)(H,21,24). The van der Waals surface area contributed by atoms with Gasteiger partial charge in [0.1, 0.15) is 10.5 Å². The van der Waals surface area contributed by atoms with Gasteiger partial charge in [0.2, 0.25) is 5.88 Å². The lowest BCUT2D eigenvalue weighted by Gasteiger charge is -2.29. The van der Waals surface area contributed by atoms with Gasteiger partial charge >= 0.3 is 0 Å². The molecule has 0 aliphatic heterocycles. The van der Waals surface area contributed by atoms with Gasteiger partial charge in [-0.3, -0.25) is 14.4 Å². The number of aromatic nitrogens is 2. The molecule has 3 rings (SSSR count). The number of carbonyl (C=O) groups excluding carboxylic acids is 2. The fraction of sp³-hybridized carbons (Fsp3) is 0.333. The minimum Gasteiger partial charge on any atom is -0.481 e. The predicted octanol–water partition coefficient (Wildman–Crippen LogP) is 1.05. The van der Waals surface area contributed by atoms with Crippen LogP contribution in [0.25, 0.3) is 0 Å². The van der Waals surface area contributed by atoms with Crippen LogP contribution in [-0.2, 0) is 16.4 Å². The van der Waals surface area contributed by atoms with Gasteiger partial charge in [0.25, 0.3) is 21.5 Å². The second-order valence-corrected chi connectivity index (χ2v) is 9.00. The number of Topliss-reactive ketones (excluding diaryl/α,β-unsaturated/α-hetero) is 1. The normalized spacial score (nSPS) is 15.6. The van der Waals surface area contributed by atoms with Crippen molar-refractivity contribution in [2.24, 2.45) is 5.41 Å². The van der Waals surface area contributed by atoms with Crippen molar-refractivity contribution < 1.29 is 22.7 Å². The van der Waals surface area contributed by atoms with Crippen LogP contribution < -0.4 is 15.0 Å². The van der Waals surface area contributed by atoms with Gasteiger partial charge in [0.05, 0.1) is 13.3 Å². The highest BCUT2D eigenvalue weighted by Gasteiger charge is 2.33. The number of amides is 1. The number of nitrogens with zero attached hydrogens (tertiary/aromatic N) is 1. The first kappa shape index (κ1) is 19.7. The first-order valence-electron chi connectivity index (χ1n) is 8.39. The zero-order chi connectivity index (χ0) is 20.7. The number of aromatic amines is 1. The molecular weight excluding hydrogens is 386 g/mol. The van der Waals surface area contributed by atoms with Crippen LogP contribution >= 0.6 is 0 Å². The summed E-state index contributed by atoms with van der Waals surface area (Å²) >= 11 is 0. The van der Waals surface area contributed by atoms with E-state index in [4.69, 9.17) is 4.74 Å². The first-order chi connectivity index (χ1) is 13.0. The summed E-state index contributed by atoms with van der Waals surface area (Å²) in [7, 11) is -2.88. The Balaban J connectivity index is 1.92. The highest BCUT2D eigenvalue weighted by molar-refractivity contribution is 7.90. The Morgan fingerprint density at radius 2 is 1.96 bits per heavy atom. The highest BCUT2D eigenvalue weighted by atomic mass is 32.2. The van der Waals surface area contributed by atoms with Crippen molar-refractivity contribution in [2.45, 2.75) is 31.6 Å². The molecule has 1 amide bonds. The van der Waals surface area contributed by atoms with Crippen molar-refractivity contribution in [2.75, 3.05) is 7.11 Å². The van der Waals surface area contributed by atoms with E-state index in [1.54, 1.807) is 0 Å². The van der Waals surface area contributed by atoms with Gasteiger partial charge in [0.15, 0.2) is 5.78 Å². The third kappa shape index (κ3) is 3.81. The number of hydrogen-bond acceptors (Lipinski definition) is 7. The molecule has 9 nitrogen and oxygen atoms in total. The summed E-state index contributed by atoms with van der Waals surface area (Å²) < 4.78 is 31.4. The van der Waals surface area contributed by atoms with Crippen molar-refractivity contribution in [3.05, 3.63) is 51.6 Å². The van der Waals surface area contributed by atoms with E-state index in [1.807, 2.05) is 18.6 Å². The summed E-state index contributed by atoms with van der Waals surface area (Å²) in [5.41, 5.74) is -0.833. The molecule has 2 aromatic heterocycles. The summed E-state index contributed by atoms with van der Waals surface area (Å²) in [5.74, 6) is -1.13. The Bertz CT molecular complexity index is 1120. The van der Waals surface area contributed by atoms with Crippen LogP contribution in [0.5, 0.6) is 5.88 Å². The maximum atomic E-state index is 12.4. The van der Waals surface area contributed by atoms with Crippen LogP contribution in [0.3, 0.4) is 0 Å². The number of nitrogens with one attached hydrogen (secondary N) is 2. The van der Waals surface area contributed by atoms with Crippen molar-refractivity contribution in [3.63, 3.8) is 0 Å². The highest BCUT2D eigenvalue weighted by Crippen LogP contribution is 2.33. The molecule has 2 heterocycles. The third-order valence-electron chi connectivity index (χ3n) is 4.42. The molecule has 0 atom stereocenters. The van der Waals surface area contributed by atoms with Crippen LogP contribution in [0.4, 0.5) is 0 Å². The molecule has 1 aliphatic rings. The molecule has 28 heavy (non-hydrogen) atoms. The number of rotatable bonds is 4. The van der Waals surface area contributed by atoms with E-state index in [0.29, 0.717) is 12.1 Å². The minimum atomic E-state index is -4.26. The first-order valence-corrected chi connectivity index (χ1v) is 9.87. The van der Waals surface area contributed by atoms with Crippen molar-refractivity contribution in [1.29, 1.82) is 0 Å². The fourth-order valence-corrected chi connectivity index (χ4v) is 3.99. The van der Waals surface area contributed by atoms with Crippen molar-refractivity contribution >= 4 is 21.7 Å². The minimum absolute atomic E-state index is 0.206. The average molecular weight is 405 g/mol. The van der Waals surface area contributed by atoms with E-state index in [-0.39, 0.29) is 34.0 Å². The number of ketones is 1. The lowest BCUT2D eigenvalue weighted by Crippen LogP contribution is -2.37. The molecule has 1 aliphatic carbocycles. The van der Waals surface area contributed by atoms with Gasteiger partial charge in [0, 0.05) is 23.7 Å². The molecule has 0 unspecified atom stereocenters. The number of pyridine rings is 2. The van der Waals surface area contributed by atoms with Crippen LogP contribution in [0.1, 0.15) is 46.7 Å². The summed E-state index contributed by atoms with van der Waals surface area (Å²) in [4.78, 5) is 43.1. The van der Waals surface area contributed by atoms with Crippen LogP contribution in [0.2, 0.25) is 0 Å². The fourth-order valence-electron chi connectivity index (χ4n) is 3.08. The van der Waals surface area contributed by atoms with Crippen molar-refractivity contribution in [3.8, 4) is 5.88 Å². The number of H-pyrrole nitrogens is 1. The smallest absolute Gasteiger partial charge is 0.270 e. The third-order valence-corrected chi connectivity index (χ3v) is 5.73. The predicted molar refractivity (Wildman–Crippen MR) is 98.9 cm³/mol. The lowest BCUT2D eigenvalue weighted by molar-refractivity contribution is 0.0910. The number of sulfonamides is 1. The van der Waals surface area contributed by atoms with Gasteiger partial charge < -0.3 is 9.72 Å². The quantitative estimate of drug-likeness (QED) is 0.776. The van der Waals surface area contributed by atoms with Gasteiger partial charge in [-0.25, -0.2) is 18.1 Å². The number of carbonyl (C=O) groups is 2. The zero-order valence-corrected chi connectivity index (χ0v) is 16.3. The molecule has 0 fully saturated rings. The van der Waals surface area contributed by atoms with E-state index < -0.39 is 27.1 Å². The second-order valence-electron chi connectivity index (χ2n) is 7.32. The van der Waals surface area contributed by atoms with E-state index in [1.165, 1.54) is 19.2 Å². The van der Waals surface area contributed by atoms with Crippen LogP contribution in [0, 0.1) is 5.41 Å². The molecule has 2 N–H and O–H groups in total.